The molecule has 2 aromatic rings. The molecule has 0 spiro atoms. The van der Waals surface area contributed by atoms with Crippen LogP contribution in [0.15, 0.2) is 18.3 Å². The summed E-state index contributed by atoms with van der Waals surface area (Å²) < 4.78 is 43.5. The summed E-state index contributed by atoms with van der Waals surface area (Å²) in [7, 11) is 0. The maximum Gasteiger partial charge on any atom is 0.433 e. The van der Waals surface area contributed by atoms with Gasteiger partial charge in [0.1, 0.15) is 23.4 Å². The van der Waals surface area contributed by atoms with Crippen molar-refractivity contribution in [1.82, 2.24) is 19.9 Å². The van der Waals surface area contributed by atoms with Gasteiger partial charge in [-0.1, -0.05) is 0 Å². The number of alkyl halides is 3. The number of hydrogen-bond acceptors (Lipinski definition) is 7. The second kappa shape index (κ2) is 7.24. The van der Waals surface area contributed by atoms with Crippen LogP contribution in [-0.4, -0.2) is 58.2 Å². The standard InChI is InChI=1S/C20H21F3N6O2/c1-12-25-16-11-29(10-15(16)18(26-12)27-5-2-6-27)19(30)31-14-8-28(9-14)13-3-4-17(24-7-13)20(21,22)23/h3-4,7,14H,2,5-6,8-11H2,1H3. The molecule has 0 radical (unpaired) electrons. The number of pyridine rings is 1. The van der Waals surface area contributed by atoms with Gasteiger partial charge < -0.3 is 14.5 Å². The Labute approximate surface area is 176 Å². The Morgan fingerprint density at radius 1 is 1.13 bits per heavy atom. The average molecular weight is 434 g/mol. The van der Waals surface area contributed by atoms with E-state index in [0.717, 1.165) is 42.7 Å². The third-order valence-electron chi connectivity index (χ3n) is 5.81. The average Bonchev–Trinajstić information content (AvgIpc) is 3.06. The lowest BCUT2D eigenvalue weighted by atomic mass is 10.1. The summed E-state index contributed by atoms with van der Waals surface area (Å²) in [5.74, 6) is 1.60. The van der Waals surface area contributed by atoms with Crippen LogP contribution in [0.2, 0.25) is 0 Å². The van der Waals surface area contributed by atoms with Crippen molar-refractivity contribution in [2.45, 2.75) is 38.7 Å². The van der Waals surface area contributed by atoms with Gasteiger partial charge in [0.05, 0.1) is 43.8 Å². The highest BCUT2D eigenvalue weighted by molar-refractivity contribution is 5.70. The molecule has 8 nitrogen and oxygen atoms in total. The molecule has 3 aliphatic heterocycles. The highest BCUT2D eigenvalue weighted by Gasteiger charge is 2.37. The van der Waals surface area contributed by atoms with E-state index in [2.05, 4.69) is 19.9 Å². The zero-order chi connectivity index (χ0) is 21.8. The summed E-state index contributed by atoms with van der Waals surface area (Å²) in [6, 6.07) is 2.33. The van der Waals surface area contributed by atoms with Gasteiger partial charge in [0.25, 0.3) is 0 Å². The van der Waals surface area contributed by atoms with Gasteiger partial charge in [0, 0.05) is 18.7 Å². The van der Waals surface area contributed by atoms with Gasteiger partial charge in [-0.25, -0.2) is 19.7 Å². The van der Waals surface area contributed by atoms with Crippen LogP contribution in [0.4, 0.5) is 29.5 Å². The summed E-state index contributed by atoms with van der Waals surface area (Å²) >= 11 is 0. The molecule has 5 rings (SSSR count). The van der Waals surface area contributed by atoms with Crippen molar-refractivity contribution in [1.29, 1.82) is 0 Å². The molecule has 0 N–H and O–H groups in total. The van der Waals surface area contributed by atoms with Crippen LogP contribution in [-0.2, 0) is 24.0 Å². The van der Waals surface area contributed by atoms with Crippen molar-refractivity contribution in [3.63, 3.8) is 0 Å². The van der Waals surface area contributed by atoms with E-state index in [1.807, 2.05) is 11.8 Å². The minimum absolute atomic E-state index is 0.318. The lowest BCUT2D eigenvalue weighted by molar-refractivity contribution is -0.141. The van der Waals surface area contributed by atoms with Gasteiger partial charge in [0.15, 0.2) is 0 Å². The third-order valence-corrected chi connectivity index (χ3v) is 5.81. The van der Waals surface area contributed by atoms with Crippen molar-refractivity contribution in [3.05, 3.63) is 41.1 Å². The monoisotopic (exact) mass is 434 g/mol. The molecular weight excluding hydrogens is 413 g/mol. The van der Waals surface area contributed by atoms with E-state index in [9.17, 15) is 18.0 Å². The van der Waals surface area contributed by atoms with Gasteiger partial charge in [-0.05, 0) is 25.5 Å². The van der Waals surface area contributed by atoms with Crippen LogP contribution < -0.4 is 9.80 Å². The number of rotatable bonds is 3. The molecule has 164 valence electrons. The minimum Gasteiger partial charge on any atom is -0.442 e. The van der Waals surface area contributed by atoms with Crippen LogP contribution in [0.3, 0.4) is 0 Å². The molecule has 2 saturated heterocycles. The predicted octanol–water partition coefficient (Wildman–Crippen LogP) is 2.75. The number of ether oxygens (including phenoxy) is 1. The number of halogens is 3. The minimum atomic E-state index is -4.46. The Morgan fingerprint density at radius 2 is 1.90 bits per heavy atom. The van der Waals surface area contributed by atoms with E-state index >= 15 is 0 Å². The number of aryl methyl sites for hydroxylation is 1. The molecule has 0 bridgehead atoms. The summed E-state index contributed by atoms with van der Waals surface area (Å²) in [6.07, 6.45) is -2.87. The second-order valence-electron chi connectivity index (χ2n) is 8.03. The Hall–Kier alpha value is -3.11. The molecule has 2 aromatic heterocycles. The van der Waals surface area contributed by atoms with E-state index in [-0.39, 0.29) is 6.10 Å². The van der Waals surface area contributed by atoms with Crippen LogP contribution >= 0.6 is 0 Å². The normalized spacial score (nSPS) is 18.5. The zero-order valence-electron chi connectivity index (χ0n) is 16.9. The van der Waals surface area contributed by atoms with Crippen LogP contribution in [0, 0.1) is 6.92 Å². The Balaban J connectivity index is 1.17. The topological polar surface area (TPSA) is 74.7 Å². The maximum absolute atomic E-state index is 12.7. The molecule has 3 aliphatic rings. The van der Waals surface area contributed by atoms with Crippen molar-refractivity contribution < 1.29 is 22.7 Å². The number of nitrogens with zero attached hydrogens (tertiary/aromatic N) is 6. The highest BCUT2D eigenvalue weighted by atomic mass is 19.4. The molecule has 0 saturated carbocycles. The lowest BCUT2D eigenvalue weighted by Crippen LogP contribution is -2.54. The van der Waals surface area contributed by atoms with E-state index in [1.54, 1.807) is 4.90 Å². The summed E-state index contributed by atoms with van der Waals surface area (Å²) in [5.41, 5.74) is 1.48. The van der Waals surface area contributed by atoms with Crippen molar-refractivity contribution in [3.8, 4) is 0 Å². The van der Waals surface area contributed by atoms with Crippen molar-refractivity contribution >= 4 is 17.6 Å². The maximum atomic E-state index is 12.7. The molecule has 5 heterocycles. The second-order valence-corrected chi connectivity index (χ2v) is 8.03. The Kier molecular flexibility index (Phi) is 4.63. The summed E-state index contributed by atoms with van der Waals surface area (Å²) in [4.78, 5) is 30.8. The first kappa shape index (κ1) is 19.8. The van der Waals surface area contributed by atoms with Crippen LogP contribution in [0.5, 0.6) is 0 Å². The van der Waals surface area contributed by atoms with Crippen LogP contribution in [0.1, 0.15) is 29.2 Å². The van der Waals surface area contributed by atoms with Crippen molar-refractivity contribution in [2.75, 3.05) is 36.0 Å². The van der Waals surface area contributed by atoms with E-state index in [0.29, 0.717) is 37.7 Å². The van der Waals surface area contributed by atoms with E-state index in [1.165, 1.54) is 12.3 Å². The fourth-order valence-electron chi connectivity index (χ4n) is 3.96. The number of hydrogen-bond donors (Lipinski definition) is 0. The van der Waals surface area contributed by atoms with Gasteiger partial charge in [-0.3, -0.25) is 4.90 Å². The number of anilines is 2. The molecule has 0 unspecified atom stereocenters. The number of aromatic nitrogens is 3. The third kappa shape index (κ3) is 3.72. The summed E-state index contributed by atoms with van der Waals surface area (Å²) in [5, 5.41) is 0. The Morgan fingerprint density at radius 3 is 2.52 bits per heavy atom. The molecular formula is C20H21F3N6O2. The first-order valence-electron chi connectivity index (χ1n) is 10.1. The lowest BCUT2D eigenvalue weighted by Gasteiger charge is -2.40. The first-order chi connectivity index (χ1) is 14.8. The Bertz CT molecular complexity index is 1000. The largest absolute Gasteiger partial charge is 0.442 e. The van der Waals surface area contributed by atoms with Crippen LogP contribution in [0.25, 0.3) is 0 Å². The fraction of sp³-hybridized carbons (Fsp3) is 0.500. The van der Waals surface area contributed by atoms with E-state index < -0.39 is 18.0 Å². The molecule has 0 aromatic carbocycles. The van der Waals surface area contributed by atoms with Gasteiger partial charge in [0.2, 0.25) is 0 Å². The van der Waals surface area contributed by atoms with Gasteiger partial charge >= 0.3 is 12.3 Å². The number of carbonyl (C=O) groups excluding carboxylic acids is 1. The van der Waals surface area contributed by atoms with Gasteiger partial charge in [-0.2, -0.15) is 13.2 Å². The van der Waals surface area contributed by atoms with Crippen molar-refractivity contribution in [2.24, 2.45) is 0 Å². The molecule has 0 atom stereocenters. The smallest absolute Gasteiger partial charge is 0.433 e. The first-order valence-corrected chi connectivity index (χ1v) is 10.1. The highest BCUT2D eigenvalue weighted by Crippen LogP contribution is 2.33. The fourth-order valence-corrected chi connectivity index (χ4v) is 3.96. The SMILES string of the molecule is Cc1nc2c(c(N3CCC3)n1)CN(C(=O)OC1CN(c3ccc(C(F)(F)F)nc3)C1)C2. The van der Waals surface area contributed by atoms with E-state index in [4.69, 9.17) is 4.74 Å². The molecule has 31 heavy (non-hydrogen) atoms. The predicted molar refractivity (Wildman–Crippen MR) is 105 cm³/mol. The number of carbonyl (C=O) groups is 1. The van der Waals surface area contributed by atoms with Gasteiger partial charge in [-0.15, -0.1) is 0 Å². The zero-order valence-corrected chi connectivity index (χ0v) is 16.9. The molecule has 11 heteroatoms. The molecule has 2 fully saturated rings. The number of amides is 1. The molecule has 1 amide bonds. The quantitative estimate of drug-likeness (QED) is 0.735. The summed E-state index contributed by atoms with van der Waals surface area (Å²) in [6.45, 7) is 5.41. The molecule has 0 aliphatic carbocycles. The number of fused-ring (bicyclic) bond motifs is 1.